The Kier molecular flexibility index (Phi) is 5.73. The highest BCUT2D eigenvalue weighted by atomic mass is 16.3. The minimum Gasteiger partial charge on any atom is -0.393 e. The molecule has 2 saturated carbocycles. The fraction of sp³-hybridized carbons (Fsp3) is 0.750. The van der Waals surface area contributed by atoms with Crippen LogP contribution in [0.5, 0.6) is 0 Å². The minimum atomic E-state index is -0.924. The van der Waals surface area contributed by atoms with Gasteiger partial charge < -0.3 is 10.2 Å². The molecular formula is C24H37N3O2. The van der Waals surface area contributed by atoms with E-state index >= 15 is 0 Å². The average molecular weight is 400 g/mol. The topological polar surface area (TPSA) is 82.0 Å². The molecule has 7 atom stereocenters. The summed E-state index contributed by atoms with van der Waals surface area (Å²) in [7, 11) is 0. The van der Waals surface area contributed by atoms with Crippen molar-refractivity contribution in [3.8, 4) is 0 Å². The lowest BCUT2D eigenvalue weighted by Gasteiger charge is -2.52. The van der Waals surface area contributed by atoms with Crippen molar-refractivity contribution in [3.05, 3.63) is 36.2 Å². The molecular weight excluding hydrogens is 362 g/mol. The second-order valence-electron chi connectivity index (χ2n) is 10.2. The second-order valence-corrected chi connectivity index (χ2v) is 10.2. The number of aromatic nitrogens is 3. The molecule has 0 saturated heterocycles. The number of aliphatic hydroxyl groups is 2. The molecule has 5 nitrogen and oxygen atoms in total. The van der Waals surface area contributed by atoms with Crippen LogP contribution in [0, 0.1) is 29.1 Å². The summed E-state index contributed by atoms with van der Waals surface area (Å²) >= 11 is 0. The van der Waals surface area contributed by atoms with Crippen molar-refractivity contribution in [2.24, 2.45) is 29.1 Å². The predicted molar refractivity (Wildman–Crippen MR) is 114 cm³/mol. The summed E-state index contributed by atoms with van der Waals surface area (Å²) in [5.74, 6) is 2.14. The number of nitrogens with one attached hydrogen (secondary N) is 1. The summed E-state index contributed by atoms with van der Waals surface area (Å²) < 4.78 is 0. The lowest BCUT2D eigenvalue weighted by molar-refractivity contribution is -0.0143. The number of rotatable bonds is 6. The molecule has 0 bridgehead atoms. The third-order valence-electron chi connectivity index (χ3n) is 8.65. The Bertz CT molecular complexity index is 741. The van der Waals surface area contributed by atoms with Gasteiger partial charge in [0.25, 0.3) is 0 Å². The molecule has 0 aromatic carbocycles. The number of allylic oxidation sites excluding steroid dienone is 2. The van der Waals surface area contributed by atoms with Gasteiger partial charge in [0.1, 0.15) is 11.3 Å². The van der Waals surface area contributed by atoms with Gasteiger partial charge in [-0.1, -0.05) is 24.6 Å². The van der Waals surface area contributed by atoms with E-state index in [0.29, 0.717) is 23.4 Å². The van der Waals surface area contributed by atoms with Gasteiger partial charge in [0.2, 0.25) is 0 Å². The van der Waals surface area contributed by atoms with E-state index in [1.54, 1.807) is 6.20 Å². The Hall–Kier alpha value is -1.46. The first-order chi connectivity index (χ1) is 13.9. The van der Waals surface area contributed by atoms with Crippen LogP contribution in [0.2, 0.25) is 0 Å². The fourth-order valence-electron chi connectivity index (χ4n) is 6.79. The van der Waals surface area contributed by atoms with Crippen molar-refractivity contribution in [2.75, 3.05) is 0 Å². The number of aliphatic hydroxyl groups excluding tert-OH is 1. The molecule has 0 aliphatic heterocycles. The Balaban J connectivity index is 1.55. The molecule has 0 amide bonds. The smallest absolute Gasteiger partial charge is 0.114 e. The number of H-pyrrole nitrogens is 1. The molecule has 1 heterocycles. The number of nitrogens with zero attached hydrogens (tertiary/aromatic N) is 2. The molecule has 3 aliphatic carbocycles. The molecule has 29 heavy (non-hydrogen) atoms. The van der Waals surface area contributed by atoms with Crippen LogP contribution < -0.4 is 0 Å². The average Bonchev–Trinajstić information content (AvgIpc) is 3.39. The van der Waals surface area contributed by atoms with Crippen LogP contribution in [0.4, 0.5) is 0 Å². The summed E-state index contributed by atoms with van der Waals surface area (Å²) in [4.78, 5) is 0. The first-order valence-electron chi connectivity index (χ1n) is 11.4. The van der Waals surface area contributed by atoms with E-state index in [2.05, 4.69) is 41.1 Å². The Labute approximate surface area is 174 Å². The van der Waals surface area contributed by atoms with Gasteiger partial charge in [0.15, 0.2) is 0 Å². The highest BCUT2D eigenvalue weighted by Crippen LogP contribution is 2.58. The van der Waals surface area contributed by atoms with Crippen molar-refractivity contribution in [3.63, 3.8) is 0 Å². The molecule has 0 radical (unpaired) electrons. The van der Waals surface area contributed by atoms with E-state index in [1.807, 2.05) is 6.92 Å². The van der Waals surface area contributed by atoms with Gasteiger partial charge in [0, 0.05) is 0 Å². The maximum Gasteiger partial charge on any atom is 0.114 e. The molecule has 3 aliphatic rings. The number of fused-ring (bicyclic) bond motifs is 1. The van der Waals surface area contributed by atoms with E-state index in [4.69, 9.17) is 0 Å². The van der Waals surface area contributed by atoms with E-state index in [1.165, 1.54) is 18.4 Å². The highest BCUT2D eigenvalue weighted by molar-refractivity contribution is 5.24. The van der Waals surface area contributed by atoms with Crippen LogP contribution in [0.1, 0.15) is 77.3 Å². The highest BCUT2D eigenvalue weighted by Gasteiger charge is 2.50. The summed E-state index contributed by atoms with van der Waals surface area (Å²) in [6.45, 7) is 8.32. The Morgan fingerprint density at radius 1 is 1.38 bits per heavy atom. The number of hydrogen-bond acceptors (Lipinski definition) is 4. The van der Waals surface area contributed by atoms with E-state index in [9.17, 15) is 10.2 Å². The first kappa shape index (κ1) is 20.8. The normalized spacial score (nSPS) is 39.4. The lowest BCUT2D eigenvalue weighted by Crippen LogP contribution is -2.44. The van der Waals surface area contributed by atoms with Crippen LogP contribution in [-0.2, 0) is 5.60 Å². The third-order valence-corrected chi connectivity index (χ3v) is 8.65. The second kappa shape index (κ2) is 7.99. The third kappa shape index (κ3) is 3.72. The molecule has 3 N–H and O–H groups in total. The van der Waals surface area contributed by atoms with Crippen molar-refractivity contribution < 1.29 is 10.2 Å². The zero-order chi connectivity index (χ0) is 20.6. The van der Waals surface area contributed by atoms with Gasteiger partial charge >= 0.3 is 0 Å². The van der Waals surface area contributed by atoms with Gasteiger partial charge in [-0.2, -0.15) is 15.4 Å². The molecule has 0 spiro atoms. The maximum absolute atomic E-state index is 11.2. The molecule has 6 unspecified atom stereocenters. The van der Waals surface area contributed by atoms with Crippen molar-refractivity contribution >= 4 is 0 Å². The van der Waals surface area contributed by atoms with Gasteiger partial charge in [-0.3, -0.25) is 0 Å². The van der Waals surface area contributed by atoms with Gasteiger partial charge in [-0.15, -0.1) is 6.58 Å². The van der Waals surface area contributed by atoms with Gasteiger partial charge in [-0.25, -0.2) is 0 Å². The molecule has 4 rings (SSSR count). The van der Waals surface area contributed by atoms with Crippen molar-refractivity contribution in [2.45, 2.75) is 83.3 Å². The van der Waals surface area contributed by atoms with Gasteiger partial charge in [0.05, 0.1) is 12.3 Å². The zero-order valence-electron chi connectivity index (χ0n) is 18.0. The van der Waals surface area contributed by atoms with E-state index < -0.39 is 5.60 Å². The van der Waals surface area contributed by atoms with E-state index in [-0.39, 0.29) is 17.4 Å². The molecule has 1 aromatic rings. The standard InChI is InChI=1S/C24H37N3O2/c1-4-5-6-21-20(10-9-17-14-19(28)11-12-23(17,21)2)16-7-8-18(13-16)24(3,29)22-15-25-27-26-22/h4,9,15-16,18-21,28-29H,1,5-8,10-14H2,2-3H3,(H,25,26,27)/t16?,18?,19?,20?,21?,23-,24?/m0/s1. The molecule has 1 aromatic heterocycles. The Morgan fingerprint density at radius 3 is 2.93 bits per heavy atom. The summed E-state index contributed by atoms with van der Waals surface area (Å²) in [5.41, 5.74) is 1.43. The van der Waals surface area contributed by atoms with Crippen LogP contribution in [0.15, 0.2) is 30.5 Å². The van der Waals surface area contributed by atoms with Crippen LogP contribution in [0.3, 0.4) is 0 Å². The SMILES string of the molecule is C=CCCC1C(C2CCC(C(C)(O)c3cn[nH]n3)C2)CC=C2CC(O)CC[C@@]21C. The summed E-state index contributed by atoms with van der Waals surface area (Å²) in [5, 5.41) is 32.1. The zero-order valence-corrected chi connectivity index (χ0v) is 18.0. The molecule has 5 heteroatoms. The maximum atomic E-state index is 11.2. The number of aromatic amines is 1. The largest absolute Gasteiger partial charge is 0.393 e. The first-order valence-corrected chi connectivity index (χ1v) is 11.4. The summed E-state index contributed by atoms with van der Waals surface area (Å²) in [6, 6.07) is 0. The fourth-order valence-corrected chi connectivity index (χ4v) is 6.79. The van der Waals surface area contributed by atoms with Crippen LogP contribution in [0.25, 0.3) is 0 Å². The lowest BCUT2D eigenvalue weighted by atomic mass is 9.53. The minimum absolute atomic E-state index is 0.167. The van der Waals surface area contributed by atoms with Crippen LogP contribution >= 0.6 is 0 Å². The van der Waals surface area contributed by atoms with Crippen molar-refractivity contribution in [1.82, 2.24) is 15.4 Å². The predicted octanol–water partition coefficient (Wildman–Crippen LogP) is 4.51. The van der Waals surface area contributed by atoms with Crippen LogP contribution in [-0.4, -0.2) is 31.7 Å². The molecule has 160 valence electrons. The Morgan fingerprint density at radius 2 is 2.21 bits per heavy atom. The quantitative estimate of drug-likeness (QED) is 0.615. The number of hydrogen-bond donors (Lipinski definition) is 3. The van der Waals surface area contributed by atoms with E-state index in [0.717, 1.165) is 44.9 Å². The summed E-state index contributed by atoms with van der Waals surface area (Å²) in [6.07, 6.45) is 15.5. The van der Waals surface area contributed by atoms with Gasteiger partial charge in [-0.05, 0) is 93.8 Å². The molecule has 2 fully saturated rings. The van der Waals surface area contributed by atoms with Crippen molar-refractivity contribution in [1.29, 1.82) is 0 Å². The monoisotopic (exact) mass is 399 g/mol.